The van der Waals surface area contributed by atoms with Crippen LogP contribution in [0.3, 0.4) is 0 Å². The van der Waals surface area contributed by atoms with Crippen LogP contribution in [-0.2, 0) is 18.3 Å². The Balaban J connectivity index is 1.36. The molecule has 0 aliphatic carbocycles. The molecule has 192 valence electrons. The van der Waals surface area contributed by atoms with Crippen LogP contribution in [0.5, 0.6) is 0 Å². The summed E-state index contributed by atoms with van der Waals surface area (Å²) in [5.41, 5.74) is 11.8. The van der Waals surface area contributed by atoms with E-state index >= 15 is 0 Å². The standard InChI is InChI=1S/C28H35N8O/c1-20-22(15-26-27(37)10-14-36(3,33-26)24-17-32-34(2)19-24)5-4-6-25(20)28-30-11-7-21(16-31-28)18-35-12-8-23(29)9-13-35/h4-6,10-11,14,16-17,19,23H,7-9,12-13,15,18,29H2,1-3H3/q+1. The number of aromatic nitrogens is 2. The van der Waals surface area contributed by atoms with Crippen LogP contribution in [0.4, 0.5) is 5.69 Å². The number of allylic oxidation sites excluding steroid dienone is 1. The summed E-state index contributed by atoms with van der Waals surface area (Å²) in [4.78, 5) is 24.7. The van der Waals surface area contributed by atoms with Gasteiger partial charge in [0.15, 0.2) is 5.84 Å². The van der Waals surface area contributed by atoms with Gasteiger partial charge in [0.05, 0.1) is 6.20 Å². The summed E-state index contributed by atoms with van der Waals surface area (Å²) in [7, 11) is 3.81. The van der Waals surface area contributed by atoms with Gasteiger partial charge in [-0.25, -0.2) is 9.98 Å². The summed E-state index contributed by atoms with van der Waals surface area (Å²) in [6.45, 7) is 5.03. The molecule has 1 aromatic carbocycles. The first-order chi connectivity index (χ1) is 17.8. The lowest BCUT2D eigenvalue weighted by Crippen LogP contribution is -2.40. The number of likely N-dealkylation sites (tertiary alicyclic amines) is 1. The van der Waals surface area contributed by atoms with E-state index < -0.39 is 0 Å². The molecule has 3 aliphatic rings. The molecule has 1 unspecified atom stereocenters. The van der Waals surface area contributed by atoms with Crippen LogP contribution >= 0.6 is 0 Å². The number of quaternary nitrogens is 1. The average molecular weight is 500 g/mol. The van der Waals surface area contributed by atoms with Crippen molar-refractivity contribution in [3.8, 4) is 0 Å². The fourth-order valence-corrected chi connectivity index (χ4v) is 4.98. The Labute approximate surface area is 218 Å². The second-order valence-electron chi connectivity index (χ2n) is 10.3. The van der Waals surface area contributed by atoms with Gasteiger partial charge in [-0.3, -0.25) is 14.4 Å². The van der Waals surface area contributed by atoms with Gasteiger partial charge >= 0.3 is 0 Å². The quantitative estimate of drug-likeness (QED) is 0.618. The Morgan fingerprint density at radius 2 is 2.03 bits per heavy atom. The Hall–Kier alpha value is -3.53. The topological polar surface area (TPSA) is 101 Å². The minimum atomic E-state index is -0.0691. The lowest BCUT2D eigenvalue weighted by Gasteiger charge is -2.30. The van der Waals surface area contributed by atoms with Gasteiger partial charge in [0.1, 0.15) is 25.2 Å². The van der Waals surface area contributed by atoms with Crippen molar-refractivity contribution in [1.29, 1.82) is 0 Å². The summed E-state index contributed by atoms with van der Waals surface area (Å²) < 4.78 is 1.89. The average Bonchev–Trinajstić information content (AvgIpc) is 3.20. The monoisotopic (exact) mass is 499 g/mol. The zero-order chi connectivity index (χ0) is 26.0. The minimum absolute atomic E-state index is 0.0691. The summed E-state index contributed by atoms with van der Waals surface area (Å²) >= 11 is 0. The molecule has 1 saturated heterocycles. The van der Waals surface area contributed by atoms with Crippen molar-refractivity contribution in [2.45, 2.75) is 38.6 Å². The van der Waals surface area contributed by atoms with Gasteiger partial charge in [0, 0.05) is 56.5 Å². The van der Waals surface area contributed by atoms with E-state index in [-0.39, 0.29) is 10.4 Å². The molecule has 0 radical (unpaired) electrons. The molecule has 2 aromatic rings. The summed E-state index contributed by atoms with van der Waals surface area (Å²) in [5, 5.41) is 9.09. The molecule has 1 aromatic heterocycles. The zero-order valence-corrected chi connectivity index (χ0v) is 21.8. The van der Waals surface area contributed by atoms with E-state index in [2.05, 4.69) is 16.9 Å². The first-order valence-corrected chi connectivity index (χ1v) is 12.8. The number of piperidine rings is 1. The van der Waals surface area contributed by atoms with Crippen molar-refractivity contribution < 1.29 is 4.79 Å². The first-order valence-electron chi connectivity index (χ1n) is 12.8. The van der Waals surface area contributed by atoms with Crippen molar-refractivity contribution >= 4 is 29.2 Å². The number of nitrogens with two attached hydrogens (primary N) is 1. The van der Waals surface area contributed by atoms with Crippen LogP contribution in [-0.4, -0.2) is 70.9 Å². The number of hydrogen-bond acceptors (Lipinski definition) is 7. The van der Waals surface area contributed by atoms with Crippen molar-refractivity contribution in [1.82, 2.24) is 19.3 Å². The smallest absolute Gasteiger partial charge is 0.211 e. The van der Waals surface area contributed by atoms with Crippen LogP contribution in [0.1, 0.15) is 36.0 Å². The third kappa shape index (κ3) is 5.58. The lowest BCUT2D eigenvalue weighted by atomic mass is 9.96. The highest BCUT2D eigenvalue weighted by atomic mass is 16.1. The summed E-state index contributed by atoms with van der Waals surface area (Å²) in [6, 6.07) is 6.42. The molecule has 3 aliphatic heterocycles. The Morgan fingerprint density at radius 3 is 2.78 bits per heavy atom. The maximum atomic E-state index is 12.8. The van der Waals surface area contributed by atoms with Crippen molar-refractivity contribution in [3.63, 3.8) is 0 Å². The van der Waals surface area contributed by atoms with Crippen LogP contribution in [0.2, 0.25) is 0 Å². The number of hydrogen-bond donors (Lipinski definition) is 1. The van der Waals surface area contributed by atoms with E-state index in [9.17, 15) is 4.79 Å². The van der Waals surface area contributed by atoms with Crippen molar-refractivity contribution in [3.05, 3.63) is 71.3 Å². The molecule has 0 spiro atoms. The van der Waals surface area contributed by atoms with Gasteiger partial charge in [0.25, 0.3) is 0 Å². The highest BCUT2D eigenvalue weighted by Crippen LogP contribution is 2.26. The number of carbonyl (C=O) groups is 1. The zero-order valence-electron chi connectivity index (χ0n) is 21.8. The highest BCUT2D eigenvalue weighted by Gasteiger charge is 2.31. The third-order valence-electron chi connectivity index (χ3n) is 7.38. The lowest BCUT2D eigenvalue weighted by molar-refractivity contribution is -0.109. The molecule has 37 heavy (non-hydrogen) atoms. The van der Waals surface area contributed by atoms with Crippen LogP contribution < -0.4 is 10.3 Å². The number of carbonyl (C=O) groups excluding carboxylic acids is 1. The van der Waals surface area contributed by atoms with E-state index in [4.69, 9.17) is 20.8 Å². The SMILES string of the molecule is Cc1c(CC2=N[N+](C)(c3cnn(C)c3)C=CC2=O)cccc1C1=NC=C(CN2CCC(N)CC2)CC=N1. The van der Waals surface area contributed by atoms with Gasteiger partial charge in [-0.05, 0) is 49.6 Å². The molecule has 9 heteroatoms. The molecule has 9 nitrogen and oxygen atoms in total. The fraction of sp³-hybridized carbons (Fsp3) is 0.393. The normalized spacial score (nSPS) is 23.0. The minimum Gasteiger partial charge on any atom is -0.328 e. The van der Waals surface area contributed by atoms with Gasteiger partial charge in [-0.1, -0.05) is 23.3 Å². The van der Waals surface area contributed by atoms with Crippen molar-refractivity contribution in [2.24, 2.45) is 27.9 Å². The maximum absolute atomic E-state index is 12.8. The molecule has 1 fully saturated rings. The third-order valence-corrected chi connectivity index (χ3v) is 7.38. The van der Waals surface area contributed by atoms with E-state index in [1.807, 2.05) is 50.9 Å². The molecule has 0 bridgehead atoms. The van der Waals surface area contributed by atoms with Gasteiger partial charge < -0.3 is 5.73 Å². The summed E-state index contributed by atoms with van der Waals surface area (Å²) in [5.74, 6) is 0.628. The van der Waals surface area contributed by atoms with E-state index in [1.165, 1.54) is 5.57 Å². The first kappa shape index (κ1) is 25.1. The molecule has 0 amide bonds. The van der Waals surface area contributed by atoms with Gasteiger partial charge in [-0.2, -0.15) is 5.10 Å². The second kappa shape index (κ2) is 10.5. The number of aliphatic imine (C=N–C) groups is 2. The van der Waals surface area contributed by atoms with Crippen LogP contribution in [0, 0.1) is 6.92 Å². The highest BCUT2D eigenvalue weighted by molar-refractivity contribution is 6.45. The molecule has 2 N–H and O–H groups in total. The van der Waals surface area contributed by atoms with Gasteiger partial charge in [0.2, 0.25) is 11.5 Å². The van der Waals surface area contributed by atoms with E-state index in [0.29, 0.717) is 24.0 Å². The molecule has 4 heterocycles. The van der Waals surface area contributed by atoms with Crippen molar-refractivity contribution in [2.75, 3.05) is 26.7 Å². The number of nitrogens with zero attached hydrogens (tertiary/aromatic N) is 7. The largest absolute Gasteiger partial charge is 0.328 e. The Kier molecular flexibility index (Phi) is 7.10. The van der Waals surface area contributed by atoms with E-state index in [1.54, 1.807) is 23.2 Å². The predicted octanol–water partition coefficient (Wildman–Crippen LogP) is 2.89. The van der Waals surface area contributed by atoms with Crippen LogP contribution in [0.25, 0.3) is 0 Å². The number of benzene rings is 1. The maximum Gasteiger partial charge on any atom is 0.211 e. The van der Waals surface area contributed by atoms with E-state index in [0.717, 1.165) is 61.3 Å². The van der Waals surface area contributed by atoms with Crippen LogP contribution in [0.15, 0.2) is 69.7 Å². The second-order valence-corrected chi connectivity index (χ2v) is 10.3. The number of ketones is 1. The van der Waals surface area contributed by atoms with Gasteiger partial charge in [-0.15, -0.1) is 4.59 Å². The number of rotatable bonds is 6. The molecule has 5 rings (SSSR count). The fourth-order valence-electron chi connectivity index (χ4n) is 4.98. The summed E-state index contributed by atoms with van der Waals surface area (Å²) in [6.07, 6.45) is 14.3. The number of aryl methyl sites for hydroxylation is 1. The molecular formula is C28H35N8O+. The predicted molar refractivity (Wildman–Crippen MR) is 149 cm³/mol. The molecular weight excluding hydrogens is 464 g/mol. The number of amidine groups is 1. The molecule has 0 saturated carbocycles. The molecule has 1 atom stereocenters. The Bertz CT molecular complexity index is 1340. The Morgan fingerprint density at radius 1 is 1.22 bits per heavy atom.